The Kier molecular flexibility index (Phi) is 2.41. The van der Waals surface area contributed by atoms with Gasteiger partial charge in [0, 0.05) is 18.2 Å². The van der Waals surface area contributed by atoms with E-state index < -0.39 is 4.92 Å². The first-order valence-electron chi connectivity index (χ1n) is 5.68. The Balaban J connectivity index is 1.84. The van der Waals surface area contributed by atoms with E-state index in [2.05, 4.69) is 9.97 Å². The molecule has 0 amide bonds. The van der Waals surface area contributed by atoms with Crippen molar-refractivity contribution in [1.82, 2.24) is 9.97 Å². The van der Waals surface area contributed by atoms with Gasteiger partial charge in [0.1, 0.15) is 6.10 Å². The molecule has 1 fully saturated rings. The number of imidazole rings is 1. The molecule has 0 aliphatic heterocycles. The molecule has 7 heteroatoms. The van der Waals surface area contributed by atoms with Crippen molar-refractivity contribution in [2.24, 2.45) is 5.73 Å². The van der Waals surface area contributed by atoms with Crippen LogP contribution >= 0.6 is 0 Å². The average molecular weight is 248 g/mol. The molecule has 18 heavy (non-hydrogen) atoms. The first-order chi connectivity index (χ1) is 8.61. The molecular formula is C11H12N4O3. The van der Waals surface area contributed by atoms with Gasteiger partial charge in [-0.1, -0.05) is 0 Å². The number of nitrogens with one attached hydrogen (secondary N) is 1. The lowest BCUT2D eigenvalue weighted by Crippen LogP contribution is -2.43. The van der Waals surface area contributed by atoms with Crippen LogP contribution < -0.4 is 10.5 Å². The summed E-state index contributed by atoms with van der Waals surface area (Å²) in [5, 5.41) is 10.6. The molecule has 1 aromatic carbocycles. The fourth-order valence-corrected chi connectivity index (χ4v) is 2.00. The second-order valence-electron chi connectivity index (χ2n) is 4.47. The Morgan fingerprint density at radius 2 is 2.28 bits per heavy atom. The molecule has 2 aromatic rings. The quantitative estimate of drug-likeness (QED) is 0.629. The van der Waals surface area contributed by atoms with Crippen LogP contribution in [0.15, 0.2) is 18.2 Å². The van der Waals surface area contributed by atoms with Gasteiger partial charge in [0.05, 0.1) is 16.0 Å². The number of rotatable bonds is 3. The predicted molar refractivity (Wildman–Crippen MR) is 64.4 cm³/mol. The van der Waals surface area contributed by atoms with E-state index in [4.69, 9.17) is 10.5 Å². The lowest BCUT2D eigenvalue weighted by atomic mass is 9.90. The van der Waals surface area contributed by atoms with Crippen molar-refractivity contribution in [3.05, 3.63) is 28.3 Å². The van der Waals surface area contributed by atoms with E-state index in [1.165, 1.54) is 12.1 Å². The number of H-pyrrole nitrogens is 1. The van der Waals surface area contributed by atoms with Gasteiger partial charge >= 0.3 is 0 Å². The highest BCUT2D eigenvalue weighted by Crippen LogP contribution is 2.26. The molecule has 94 valence electrons. The SMILES string of the molecule is NC1CC(Oc2nc3ccc([N+](=O)[O-])cc3[nH]2)C1. The molecule has 1 aliphatic carbocycles. The fraction of sp³-hybridized carbons (Fsp3) is 0.364. The van der Waals surface area contributed by atoms with Gasteiger partial charge in [0.2, 0.25) is 0 Å². The third kappa shape index (κ3) is 1.88. The molecule has 0 radical (unpaired) electrons. The molecule has 0 saturated heterocycles. The zero-order valence-electron chi connectivity index (χ0n) is 9.50. The summed E-state index contributed by atoms with van der Waals surface area (Å²) in [5.74, 6) is 0. The molecule has 3 rings (SSSR count). The number of nitrogens with zero attached hydrogens (tertiary/aromatic N) is 2. The van der Waals surface area contributed by atoms with Crippen molar-refractivity contribution in [2.45, 2.75) is 25.0 Å². The Labute approximate surface area is 102 Å². The normalized spacial score (nSPS) is 22.7. The van der Waals surface area contributed by atoms with E-state index in [1.807, 2.05) is 0 Å². The number of benzene rings is 1. The maximum atomic E-state index is 10.6. The van der Waals surface area contributed by atoms with Gasteiger partial charge in [-0.15, -0.1) is 0 Å². The number of hydrogen-bond donors (Lipinski definition) is 2. The van der Waals surface area contributed by atoms with Crippen molar-refractivity contribution < 1.29 is 9.66 Å². The average Bonchev–Trinajstić information content (AvgIpc) is 2.67. The number of fused-ring (bicyclic) bond motifs is 1. The van der Waals surface area contributed by atoms with E-state index in [0.717, 1.165) is 12.8 Å². The number of ether oxygens (including phenoxy) is 1. The molecule has 7 nitrogen and oxygen atoms in total. The number of hydrogen-bond acceptors (Lipinski definition) is 5. The molecule has 0 bridgehead atoms. The van der Waals surface area contributed by atoms with Gasteiger partial charge < -0.3 is 15.5 Å². The monoisotopic (exact) mass is 248 g/mol. The van der Waals surface area contributed by atoms with Gasteiger partial charge in [-0.05, 0) is 18.9 Å². The Morgan fingerprint density at radius 1 is 1.50 bits per heavy atom. The molecule has 1 aromatic heterocycles. The summed E-state index contributed by atoms with van der Waals surface area (Å²) < 4.78 is 5.59. The number of aromatic nitrogens is 2. The first-order valence-corrected chi connectivity index (χ1v) is 5.68. The van der Waals surface area contributed by atoms with Crippen LogP contribution in [0.4, 0.5) is 5.69 Å². The minimum absolute atomic E-state index is 0.0309. The van der Waals surface area contributed by atoms with Crippen LogP contribution in [0, 0.1) is 10.1 Å². The zero-order chi connectivity index (χ0) is 12.7. The van der Waals surface area contributed by atoms with Crippen molar-refractivity contribution in [3.63, 3.8) is 0 Å². The standard InChI is InChI=1S/C11H12N4O3/c12-6-3-8(4-6)18-11-13-9-2-1-7(15(16)17)5-10(9)14-11/h1-2,5-6,8H,3-4,12H2,(H,13,14). The summed E-state index contributed by atoms with van der Waals surface area (Å²) >= 11 is 0. The Morgan fingerprint density at radius 3 is 2.94 bits per heavy atom. The molecule has 3 N–H and O–H groups in total. The van der Waals surface area contributed by atoms with Crippen LogP contribution in [0.1, 0.15) is 12.8 Å². The number of aromatic amines is 1. The number of nitro benzene ring substituents is 1. The topological polar surface area (TPSA) is 107 Å². The molecule has 0 atom stereocenters. The summed E-state index contributed by atoms with van der Waals surface area (Å²) in [7, 11) is 0. The van der Waals surface area contributed by atoms with Crippen LogP contribution in [0.5, 0.6) is 6.01 Å². The minimum atomic E-state index is -0.439. The number of nitrogens with two attached hydrogens (primary N) is 1. The van der Waals surface area contributed by atoms with E-state index in [1.54, 1.807) is 6.07 Å². The molecule has 1 aliphatic rings. The molecule has 0 unspecified atom stereocenters. The summed E-state index contributed by atoms with van der Waals surface area (Å²) in [6, 6.07) is 5.07. The van der Waals surface area contributed by atoms with E-state index in [0.29, 0.717) is 17.0 Å². The molecular weight excluding hydrogens is 236 g/mol. The van der Waals surface area contributed by atoms with Gasteiger partial charge in [0.15, 0.2) is 0 Å². The molecule has 0 spiro atoms. The summed E-state index contributed by atoms with van der Waals surface area (Å²) in [4.78, 5) is 17.4. The minimum Gasteiger partial charge on any atom is -0.461 e. The lowest BCUT2D eigenvalue weighted by molar-refractivity contribution is -0.384. The highest BCUT2D eigenvalue weighted by Gasteiger charge is 2.28. The highest BCUT2D eigenvalue weighted by molar-refractivity contribution is 5.78. The zero-order valence-corrected chi connectivity index (χ0v) is 9.50. The van der Waals surface area contributed by atoms with Crippen molar-refractivity contribution in [2.75, 3.05) is 0 Å². The summed E-state index contributed by atoms with van der Waals surface area (Å²) in [5.41, 5.74) is 6.95. The van der Waals surface area contributed by atoms with Gasteiger partial charge in [-0.2, -0.15) is 4.98 Å². The maximum Gasteiger partial charge on any atom is 0.294 e. The fourth-order valence-electron chi connectivity index (χ4n) is 2.00. The first kappa shape index (κ1) is 11.0. The Hall–Kier alpha value is -2.15. The molecule has 1 saturated carbocycles. The summed E-state index contributed by atoms with van der Waals surface area (Å²) in [6.45, 7) is 0. The highest BCUT2D eigenvalue weighted by atomic mass is 16.6. The summed E-state index contributed by atoms with van der Waals surface area (Å²) in [6.07, 6.45) is 1.73. The van der Waals surface area contributed by atoms with Gasteiger partial charge in [0.25, 0.3) is 11.7 Å². The number of nitro groups is 1. The van der Waals surface area contributed by atoms with Crippen LogP contribution in [0.3, 0.4) is 0 Å². The lowest BCUT2D eigenvalue weighted by Gasteiger charge is -2.31. The van der Waals surface area contributed by atoms with Gasteiger partial charge in [-0.3, -0.25) is 10.1 Å². The second-order valence-corrected chi connectivity index (χ2v) is 4.47. The third-order valence-electron chi connectivity index (χ3n) is 3.06. The van der Waals surface area contributed by atoms with Gasteiger partial charge in [-0.25, -0.2) is 0 Å². The van der Waals surface area contributed by atoms with E-state index >= 15 is 0 Å². The smallest absolute Gasteiger partial charge is 0.294 e. The van der Waals surface area contributed by atoms with Crippen LogP contribution in [0.2, 0.25) is 0 Å². The van der Waals surface area contributed by atoms with E-state index in [-0.39, 0.29) is 17.8 Å². The van der Waals surface area contributed by atoms with Crippen molar-refractivity contribution in [1.29, 1.82) is 0 Å². The maximum absolute atomic E-state index is 10.6. The largest absolute Gasteiger partial charge is 0.461 e. The third-order valence-corrected chi connectivity index (χ3v) is 3.06. The van der Waals surface area contributed by atoms with Crippen molar-refractivity contribution in [3.8, 4) is 6.01 Å². The predicted octanol–water partition coefficient (Wildman–Crippen LogP) is 1.34. The van der Waals surface area contributed by atoms with Crippen LogP contribution in [0.25, 0.3) is 11.0 Å². The molecule has 1 heterocycles. The number of non-ortho nitro benzene ring substituents is 1. The van der Waals surface area contributed by atoms with Crippen LogP contribution in [-0.4, -0.2) is 27.0 Å². The van der Waals surface area contributed by atoms with Crippen molar-refractivity contribution >= 4 is 16.7 Å². The Bertz CT molecular complexity index is 603. The van der Waals surface area contributed by atoms with E-state index in [9.17, 15) is 10.1 Å². The second kappa shape index (κ2) is 3.95. The van der Waals surface area contributed by atoms with Crippen LogP contribution in [-0.2, 0) is 0 Å².